The first-order chi connectivity index (χ1) is 12.1. The van der Waals surface area contributed by atoms with Crippen LogP contribution in [0.1, 0.15) is 11.7 Å². The Balaban J connectivity index is 1.55. The van der Waals surface area contributed by atoms with Crippen molar-refractivity contribution in [2.24, 2.45) is 0 Å². The topological polar surface area (TPSA) is 35.9 Å². The molecule has 3 rings (SSSR count). The van der Waals surface area contributed by atoms with Crippen LogP contribution in [-0.4, -0.2) is 49.8 Å². The quantitative estimate of drug-likeness (QED) is 0.786. The average molecular weight is 426 g/mol. The molecule has 2 aromatic rings. The highest BCUT2D eigenvalue weighted by atomic mass is 79.9. The van der Waals surface area contributed by atoms with Crippen molar-refractivity contribution in [2.75, 3.05) is 44.7 Å². The van der Waals surface area contributed by atoms with Gasteiger partial charge in [-0.3, -0.25) is 4.90 Å². The van der Waals surface area contributed by atoms with E-state index >= 15 is 0 Å². The van der Waals surface area contributed by atoms with Gasteiger partial charge in [-0.2, -0.15) is 0 Å². The molecule has 1 atom stereocenters. The highest BCUT2D eigenvalue weighted by Crippen LogP contribution is 2.28. The van der Waals surface area contributed by atoms with Crippen molar-refractivity contribution in [3.8, 4) is 5.75 Å². The molecule has 0 spiro atoms. The van der Waals surface area contributed by atoms with Gasteiger partial charge in [0.05, 0.1) is 17.7 Å². The van der Waals surface area contributed by atoms with E-state index in [-0.39, 0.29) is 0 Å². The van der Waals surface area contributed by atoms with E-state index in [1.54, 1.807) is 7.11 Å². The summed E-state index contributed by atoms with van der Waals surface area (Å²) < 4.78 is 6.10. The van der Waals surface area contributed by atoms with E-state index in [0.29, 0.717) is 6.54 Å². The van der Waals surface area contributed by atoms with Gasteiger partial charge in [0, 0.05) is 43.4 Å². The molecule has 2 aromatic carbocycles. The first-order valence-electron chi connectivity index (χ1n) is 8.31. The standard InChI is InChI=1S/C19H22BrClN2O2/c1-25-19-6-5-14(11-17(19)20)18(24)13-22-7-9-23(10-8-22)16-4-2-3-15(21)12-16/h2-6,11-12,18,24H,7-10,13H2,1H3. The van der Waals surface area contributed by atoms with Crippen molar-refractivity contribution in [3.63, 3.8) is 0 Å². The van der Waals surface area contributed by atoms with E-state index < -0.39 is 6.10 Å². The van der Waals surface area contributed by atoms with Crippen LogP contribution in [0.2, 0.25) is 5.02 Å². The minimum absolute atomic E-state index is 0.514. The zero-order chi connectivity index (χ0) is 17.8. The number of piperazine rings is 1. The number of methoxy groups -OCH3 is 1. The van der Waals surface area contributed by atoms with Crippen LogP contribution in [0.15, 0.2) is 46.9 Å². The van der Waals surface area contributed by atoms with Crippen molar-refractivity contribution in [1.82, 2.24) is 4.90 Å². The molecule has 1 unspecified atom stereocenters. The number of nitrogens with zero attached hydrogens (tertiary/aromatic N) is 2. The smallest absolute Gasteiger partial charge is 0.133 e. The minimum atomic E-state index is -0.514. The number of ether oxygens (including phenoxy) is 1. The van der Waals surface area contributed by atoms with Gasteiger partial charge in [-0.1, -0.05) is 23.7 Å². The van der Waals surface area contributed by atoms with Gasteiger partial charge in [-0.15, -0.1) is 0 Å². The molecule has 0 aromatic heterocycles. The van der Waals surface area contributed by atoms with Crippen molar-refractivity contribution < 1.29 is 9.84 Å². The van der Waals surface area contributed by atoms with E-state index in [0.717, 1.165) is 52.7 Å². The fourth-order valence-corrected chi connectivity index (χ4v) is 3.84. The van der Waals surface area contributed by atoms with Crippen molar-refractivity contribution in [3.05, 3.63) is 57.5 Å². The summed E-state index contributed by atoms with van der Waals surface area (Å²) >= 11 is 9.55. The number of β-amino-alcohol motifs (C(OH)–C–C–N with tert-alkyl or cyclic N) is 1. The third-order valence-corrected chi connectivity index (χ3v) is 5.39. The molecule has 4 nitrogen and oxygen atoms in total. The number of hydrogen-bond donors (Lipinski definition) is 1. The molecular formula is C19H22BrClN2O2. The van der Waals surface area contributed by atoms with E-state index in [9.17, 15) is 5.11 Å². The summed E-state index contributed by atoms with van der Waals surface area (Å²) in [7, 11) is 1.63. The van der Waals surface area contributed by atoms with Crippen molar-refractivity contribution in [1.29, 1.82) is 0 Å². The maximum Gasteiger partial charge on any atom is 0.133 e. The van der Waals surface area contributed by atoms with Crippen LogP contribution < -0.4 is 9.64 Å². The molecular weight excluding hydrogens is 404 g/mol. The van der Waals surface area contributed by atoms with E-state index in [4.69, 9.17) is 16.3 Å². The fourth-order valence-electron chi connectivity index (χ4n) is 3.10. The normalized spacial score (nSPS) is 16.7. The van der Waals surface area contributed by atoms with Crippen LogP contribution >= 0.6 is 27.5 Å². The first kappa shape index (κ1) is 18.5. The number of aliphatic hydroxyl groups excluding tert-OH is 1. The van der Waals surface area contributed by atoms with Crippen LogP contribution in [0.25, 0.3) is 0 Å². The summed E-state index contributed by atoms with van der Waals surface area (Å²) in [5, 5.41) is 11.3. The largest absolute Gasteiger partial charge is 0.496 e. The lowest BCUT2D eigenvalue weighted by Crippen LogP contribution is -2.47. The lowest BCUT2D eigenvalue weighted by atomic mass is 10.1. The maximum atomic E-state index is 10.5. The maximum absolute atomic E-state index is 10.5. The Morgan fingerprint density at radius 3 is 2.56 bits per heavy atom. The SMILES string of the molecule is COc1ccc(C(O)CN2CCN(c3cccc(Cl)c3)CC2)cc1Br. The monoisotopic (exact) mass is 424 g/mol. The predicted octanol–water partition coefficient (Wildman–Crippen LogP) is 3.97. The highest BCUT2D eigenvalue weighted by Gasteiger charge is 2.20. The summed E-state index contributed by atoms with van der Waals surface area (Å²) in [5.74, 6) is 0.770. The van der Waals surface area contributed by atoms with Crippen molar-refractivity contribution >= 4 is 33.2 Å². The molecule has 6 heteroatoms. The Morgan fingerprint density at radius 1 is 1.16 bits per heavy atom. The number of anilines is 1. The third kappa shape index (κ3) is 4.67. The van der Waals surface area contributed by atoms with E-state index in [2.05, 4.69) is 31.8 Å². The number of rotatable bonds is 5. The molecule has 0 amide bonds. The number of hydrogen-bond acceptors (Lipinski definition) is 4. The Labute approximate surface area is 162 Å². The van der Waals surface area contributed by atoms with Gasteiger partial charge in [0.15, 0.2) is 0 Å². The fraction of sp³-hybridized carbons (Fsp3) is 0.368. The number of benzene rings is 2. The molecule has 1 fully saturated rings. The Bertz CT molecular complexity index is 720. The molecule has 0 radical (unpaired) electrons. The lowest BCUT2D eigenvalue weighted by molar-refractivity contribution is 0.109. The molecule has 0 bridgehead atoms. The minimum Gasteiger partial charge on any atom is -0.496 e. The molecule has 1 aliphatic heterocycles. The van der Waals surface area contributed by atoms with Gasteiger partial charge in [-0.25, -0.2) is 0 Å². The second kappa shape index (κ2) is 8.41. The van der Waals surface area contributed by atoms with E-state index in [1.165, 1.54) is 0 Å². The summed E-state index contributed by atoms with van der Waals surface area (Å²) in [5.41, 5.74) is 2.05. The van der Waals surface area contributed by atoms with Crippen LogP contribution in [0.4, 0.5) is 5.69 Å². The predicted molar refractivity (Wildman–Crippen MR) is 106 cm³/mol. The molecule has 1 N–H and O–H groups in total. The number of aliphatic hydroxyl groups is 1. The van der Waals surface area contributed by atoms with Crippen molar-refractivity contribution in [2.45, 2.75) is 6.10 Å². The average Bonchev–Trinajstić information content (AvgIpc) is 2.62. The van der Waals surface area contributed by atoms with Gasteiger partial charge in [0.2, 0.25) is 0 Å². The molecule has 1 saturated heterocycles. The second-order valence-corrected chi connectivity index (χ2v) is 7.47. The zero-order valence-electron chi connectivity index (χ0n) is 14.2. The van der Waals surface area contributed by atoms with Gasteiger partial charge < -0.3 is 14.7 Å². The Morgan fingerprint density at radius 2 is 1.92 bits per heavy atom. The zero-order valence-corrected chi connectivity index (χ0v) is 16.5. The second-order valence-electron chi connectivity index (χ2n) is 6.18. The van der Waals surface area contributed by atoms with Gasteiger partial charge in [-0.05, 0) is 51.8 Å². The van der Waals surface area contributed by atoms with Gasteiger partial charge in [0.1, 0.15) is 5.75 Å². The summed E-state index contributed by atoms with van der Waals surface area (Å²) in [6.07, 6.45) is -0.514. The molecule has 1 aliphatic rings. The van der Waals surface area contributed by atoms with Crippen LogP contribution in [0, 0.1) is 0 Å². The van der Waals surface area contributed by atoms with Crippen LogP contribution in [0.3, 0.4) is 0 Å². The summed E-state index contributed by atoms with van der Waals surface area (Å²) in [6.45, 7) is 4.32. The van der Waals surface area contributed by atoms with Gasteiger partial charge in [0.25, 0.3) is 0 Å². The molecule has 25 heavy (non-hydrogen) atoms. The third-order valence-electron chi connectivity index (χ3n) is 4.54. The van der Waals surface area contributed by atoms with E-state index in [1.807, 2.05) is 36.4 Å². The van der Waals surface area contributed by atoms with Crippen LogP contribution in [-0.2, 0) is 0 Å². The van der Waals surface area contributed by atoms with Crippen LogP contribution in [0.5, 0.6) is 5.75 Å². The molecule has 0 aliphatic carbocycles. The number of halogens is 2. The molecule has 0 saturated carbocycles. The molecule has 1 heterocycles. The Kier molecular flexibility index (Phi) is 6.23. The first-order valence-corrected chi connectivity index (χ1v) is 9.48. The lowest BCUT2D eigenvalue weighted by Gasteiger charge is -2.37. The molecule has 134 valence electrons. The Hall–Kier alpha value is -1.27. The van der Waals surface area contributed by atoms with Gasteiger partial charge >= 0.3 is 0 Å². The summed E-state index contributed by atoms with van der Waals surface area (Å²) in [4.78, 5) is 4.63. The summed E-state index contributed by atoms with van der Waals surface area (Å²) in [6, 6.07) is 13.7. The highest BCUT2D eigenvalue weighted by molar-refractivity contribution is 9.10.